The molecule has 1 aromatic rings. The molecular formula is C12H15ClN2O. The van der Waals surface area contributed by atoms with Gasteiger partial charge in [-0.1, -0.05) is 11.6 Å². The molecular weight excluding hydrogens is 224 g/mol. The lowest BCUT2D eigenvalue weighted by atomic mass is 10.2. The van der Waals surface area contributed by atoms with Crippen LogP contribution in [0.1, 0.15) is 16.8 Å². The summed E-state index contributed by atoms with van der Waals surface area (Å²) in [6.07, 6.45) is 1.02. The molecule has 2 rings (SSSR count). The van der Waals surface area contributed by atoms with Gasteiger partial charge in [0, 0.05) is 23.2 Å². The van der Waals surface area contributed by atoms with Crippen LogP contribution in [0.2, 0.25) is 5.02 Å². The Balaban J connectivity index is 1.95. The number of nitrogens with one attached hydrogen (secondary N) is 1. The highest BCUT2D eigenvalue weighted by atomic mass is 35.5. The molecule has 1 atom stereocenters. The zero-order chi connectivity index (χ0) is 11.5. The Bertz CT molecular complexity index is 377. The molecule has 1 heterocycles. The number of amides is 1. The normalized spacial score (nSPS) is 21.0. The zero-order valence-electron chi connectivity index (χ0n) is 9.24. The second-order valence-corrected chi connectivity index (χ2v) is 4.66. The van der Waals surface area contributed by atoms with Gasteiger partial charge in [0.2, 0.25) is 0 Å². The number of likely N-dealkylation sites (tertiary alicyclic amines) is 1. The van der Waals surface area contributed by atoms with Crippen molar-refractivity contribution in [2.75, 3.05) is 20.1 Å². The van der Waals surface area contributed by atoms with E-state index >= 15 is 0 Å². The standard InChI is InChI=1S/C12H15ClN2O/c1-15-7-6-11(8-15)14-12(16)9-2-4-10(13)5-3-9/h2-5,11H,6-8H2,1H3,(H,14,16). The van der Waals surface area contributed by atoms with Crippen molar-refractivity contribution in [3.8, 4) is 0 Å². The maximum Gasteiger partial charge on any atom is 0.251 e. The van der Waals surface area contributed by atoms with Crippen LogP contribution < -0.4 is 5.32 Å². The highest BCUT2D eigenvalue weighted by Crippen LogP contribution is 2.11. The van der Waals surface area contributed by atoms with E-state index in [1.54, 1.807) is 24.3 Å². The Morgan fingerprint density at radius 1 is 1.44 bits per heavy atom. The molecule has 1 aliphatic rings. The SMILES string of the molecule is CN1CCC(NC(=O)c2ccc(Cl)cc2)C1. The number of rotatable bonds is 2. The van der Waals surface area contributed by atoms with Crippen molar-refractivity contribution < 1.29 is 4.79 Å². The Morgan fingerprint density at radius 3 is 2.69 bits per heavy atom. The van der Waals surface area contributed by atoms with Crippen LogP contribution in [-0.2, 0) is 0 Å². The van der Waals surface area contributed by atoms with Gasteiger partial charge >= 0.3 is 0 Å². The number of hydrogen-bond donors (Lipinski definition) is 1. The van der Waals surface area contributed by atoms with E-state index in [2.05, 4.69) is 17.3 Å². The first-order valence-electron chi connectivity index (χ1n) is 5.40. The van der Waals surface area contributed by atoms with Crippen molar-refractivity contribution >= 4 is 17.5 Å². The second-order valence-electron chi connectivity index (χ2n) is 4.23. The van der Waals surface area contributed by atoms with Crippen LogP contribution in [0, 0.1) is 0 Å². The van der Waals surface area contributed by atoms with Crippen LogP contribution in [0.15, 0.2) is 24.3 Å². The third-order valence-corrected chi connectivity index (χ3v) is 3.08. The molecule has 1 N–H and O–H groups in total. The molecule has 0 aliphatic carbocycles. The summed E-state index contributed by atoms with van der Waals surface area (Å²) >= 11 is 5.77. The van der Waals surface area contributed by atoms with Gasteiger partial charge in [0.15, 0.2) is 0 Å². The smallest absolute Gasteiger partial charge is 0.251 e. The number of likely N-dealkylation sites (N-methyl/N-ethyl adjacent to an activating group) is 1. The van der Waals surface area contributed by atoms with Gasteiger partial charge in [-0.15, -0.1) is 0 Å². The van der Waals surface area contributed by atoms with Crippen molar-refractivity contribution in [3.63, 3.8) is 0 Å². The number of nitrogens with zero attached hydrogens (tertiary/aromatic N) is 1. The van der Waals surface area contributed by atoms with E-state index < -0.39 is 0 Å². The molecule has 4 heteroatoms. The van der Waals surface area contributed by atoms with E-state index in [9.17, 15) is 4.79 Å². The van der Waals surface area contributed by atoms with Gasteiger partial charge in [0.05, 0.1) is 0 Å². The summed E-state index contributed by atoms with van der Waals surface area (Å²) in [4.78, 5) is 14.1. The van der Waals surface area contributed by atoms with E-state index in [-0.39, 0.29) is 11.9 Å². The van der Waals surface area contributed by atoms with Crippen LogP contribution in [0.4, 0.5) is 0 Å². The number of halogens is 1. The molecule has 1 amide bonds. The van der Waals surface area contributed by atoms with E-state index in [4.69, 9.17) is 11.6 Å². The first kappa shape index (κ1) is 11.4. The fourth-order valence-electron chi connectivity index (χ4n) is 1.92. The topological polar surface area (TPSA) is 32.3 Å². The van der Waals surface area contributed by atoms with Crippen molar-refractivity contribution in [2.45, 2.75) is 12.5 Å². The van der Waals surface area contributed by atoms with Crippen LogP contribution in [-0.4, -0.2) is 37.0 Å². The zero-order valence-corrected chi connectivity index (χ0v) is 10.00. The fourth-order valence-corrected chi connectivity index (χ4v) is 2.05. The molecule has 1 saturated heterocycles. The quantitative estimate of drug-likeness (QED) is 0.852. The van der Waals surface area contributed by atoms with Gasteiger partial charge < -0.3 is 10.2 Å². The lowest BCUT2D eigenvalue weighted by Crippen LogP contribution is -2.36. The molecule has 0 radical (unpaired) electrons. The van der Waals surface area contributed by atoms with Gasteiger partial charge in [-0.05, 0) is 44.3 Å². The highest BCUT2D eigenvalue weighted by molar-refractivity contribution is 6.30. The second kappa shape index (κ2) is 4.85. The number of carbonyl (C=O) groups excluding carboxylic acids is 1. The van der Waals surface area contributed by atoms with Gasteiger partial charge in [0.25, 0.3) is 5.91 Å². The highest BCUT2D eigenvalue weighted by Gasteiger charge is 2.21. The summed E-state index contributed by atoms with van der Waals surface area (Å²) in [5, 5.41) is 3.67. The van der Waals surface area contributed by atoms with Gasteiger partial charge in [-0.2, -0.15) is 0 Å². The van der Waals surface area contributed by atoms with Gasteiger partial charge in [0.1, 0.15) is 0 Å². The minimum Gasteiger partial charge on any atom is -0.348 e. The summed E-state index contributed by atoms with van der Waals surface area (Å²) in [7, 11) is 2.06. The van der Waals surface area contributed by atoms with Gasteiger partial charge in [-0.3, -0.25) is 4.79 Å². The molecule has 1 aliphatic heterocycles. The Labute approximate surface area is 100 Å². The van der Waals surface area contributed by atoms with Gasteiger partial charge in [-0.25, -0.2) is 0 Å². The van der Waals surface area contributed by atoms with Crippen LogP contribution in [0.5, 0.6) is 0 Å². The molecule has 0 spiro atoms. The molecule has 3 nitrogen and oxygen atoms in total. The Hall–Kier alpha value is -1.06. The summed E-state index contributed by atoms with van der Waals surface area (Å²) in [5.74, 6) is -0.0167. The molecule has 0 bridgehead atoms. The maximum atomic E-state index is 11.8. The maximum absolute atomic E-state index is 11.8. The van der Waals surface area contributed by atoms with E-state index in [1.807, 2.05) is 0 Å². The van der Waals surface area contributed by atoms with Crippen LogP contribution in [0.3, 0.4) is 0 Å². The van der Waals surface area contributed by atoms with E-state index in [0.717, 1.165) is 19.5 Å². The third-order valence-electron chi connectivity index (χ3n) is 2.83. The summed E-state index contributed by atoms with van der Waals surface area (Å²) in [6, 6.07) is 7.23. The molecule has 1 aromatic carbocycles. The predicted molar refractivity (Wildman–Crippen MR) is 64.8 cm³/mol. The average Bonchev–Trinajstić information content (AvgIpc) is 2.65. The summed E-state index contributed by atoms with van der Waals surface area (Å²) in [5.41, 5.74) is 0.666. The molecule has 0 saturated carbocycles. The Kier molecular flexibility index (Phi) is 3.46. The van der Waals surface area contributed by atoms with Crippen LogP contribution >= 0.6 is 11.6 Å². The first-order valence-corrected chi connectivity index (χ1v) is 5.78. The number of hydrogen-bond acceptors (Lipinski definition) is 2. The Morgan fingerprint density at radius 2 is 2.12 bits per heavy atom. The van der Waals surface area contributed by atoms with Crippen molar-refractivity contribution in [1.82, 2.24) is 10.2 Å². The van der Waals surface area contributed by atoms with Crippen molar-refractivity contribution in [1.29, 1.82) is 0 Å². The molecule has 86 valence electrons. The molecule has 1 fully saturated rings. The average molecular weight is 239 g/mol. The van der Waals surface area contributed by atoms with Crippen LogP contribution in [0.25, 0.3) is 0 Å². The lowest BCUT2D eigenvalue weighted by Gasteiger charge is -2.12. The largest absolute Gasteiger partial charge is 0.348 e. The first-order chi connectivity index (χ1) is 7.65. The molecule has 0 aromatic heterocycles. The lowest BCUT2D eigenvalue weighted by molar-refractivity contribution is 0.0938. The minimum atomic E-state index is -0.0167. The van der Waals surface area contributed by atoms with Crippen molar-refractivity contribution in [2.24, 2.45) is 0 Å². The minimum absolute atomic E-state index is 0.0167. The van der Waals surface area contributed by atoms with Crippen molar-refractivity contribution in [3.05, 3.63) is 34.9 Å². The van der Waals surface area contributed by atoms with E-state index in [1.165, 1.54) is 0 Å². The summed E-state index contributed by atoms with van der Waals surface area (Å²) < 4.78 is 0. The molecule has 16 heavy (non-hydrogen) atoms. The number of benzene rings is 1. The fraction of sp³-hybridized carbons (Fsp3) is 0.417. The third kappa shape index (κ3) is 2.74. The number of carbonyl (C=O) groups is 1. The predicted octanol–water partition coefficient (Wildman–Crippen LogP) is 1.77. The summed E-state index contributed by atoms with van der Waals surface area (Å²) in [6.45, 7) is 1.98. The van der Waals surface area contributed by atoms with E-state index in [0.29, 0.717) is 10.6 Å². The molecule has 1 unspecified atom stereocenters. The monoisotopic (exact) mass is 238 g/mol.